The molecule has 11 heteroatoms. The Balaban J connectivity index is 0.000000451. The van der Waals surface area contributed by atoms with Crippen LogP contribution in [0.15, 0.2) is 30.3 Å². The molecule has 0 aliphatic carbocycles. The number of phenolic OH excluding ortho intramolecular Hbond substituents is 1. The van der Waals surface area contributed by atoms with Crippen molar-refractivity contribution in [3.05, 3.63) is 47.3 Å². The number of benzene rings is 1. The van der Waals surface area contributed by atoms with Gasteiger partial charge in [0.15, 0.2) is 0 Å². The zero-order valence-electron chi connectivity index (χ0n) is 17.7. The Hall–Kier alpha value is -3.08. The van der Waals surface area contributed by atoms with Crippen molar-refractivity contribution in [2.75, 3.05) is 13.1 Å². The molecule has 1 aliphatic rings. The Morgan fingerprint density at radius 2 is 1.94 bits per heavy atom. The quantitative estimate of drug-likeness (QED) is 0.591. The topological polar surface area (TPSA) is 108 Å². The van der Waals surface area contributed by atoms with E-state index < -0.39 is 12.1 Å². The highest BCUT2D eigenvalue weighted by atomic mass is 19.4. The number of nitrogens with one attached hydrogen (secondary N) is 1. The molecular weight excluding hydrogens is 429 g/mol. The molecule has 3 N–H and O–H groups in total. The summed E-state index contributed by atoms with van der Waals surface area (Å²) in [6, 6.07) is 8.87. The summed E-state index contributed by atoms with van der Waals surface area (Å²) in [4.78, 5) is 23.4. The van der Waals surface area contributed by atoms with E-state index in [4.69, 9.17) is 9.90 Å². The first kappa shape index (κ1) is 25.2. The van der Waals surface area contributed by atoms with Crippen molar-refractivity contribution in [3.63, 3.8) is 0 Å². The third-order valence-electron chi connectivity index (χ3n) is 4.74. The maximum absolute atomic E-state index is 12.1. The average molecular weight is 456 g/mol. The van der Waals surface area contributed by atoms with E-state index in [1.54, 1.807) is 18.2 Å². The number of carbonyl (C=O) groups is 2. The first-order valence-corrected chi connectivity index (χ1v) is 10.2. The minimum Gasteiger partial charge on any atom is -0.508 e. The van der Waals surface area contributed by atoms with Crippen molar-refractivity contribution < 1.29 is 33.0 Å². The number of amides is 1. The number of hydrogen-bond donors (Lipinski definition) is 3. The van der Waals surface area contributed by atoms with Gasteiger partial charge >= 0.3 is 12.1 Å². The van der Waals surface area contributed by atoms with Crippen LogP contribution in [-0.4, -0.2) is 56.0 Å². The van der Waals surface area contributed by atoms with Crippen molar-refractivity contribution >= 4 is 11.9 Å². The van der Waals surface area contributed by atoms with Gasteiger partial charge < -0.3 is 15.5 Å². The molecule has 0 radical (unpaired) electrons. The largest absolute Gasteiger partial charge is 0.508 e. The zero-order chi connectivity index (χ0) is 23.7. The number of unbranched alkanes of at least 4 members (excludes halogenated alkanes) is 1. The number of aliphatic carboxylic acids is 1. The number of fused-ring (bicyclic) bond motifs is 1. The molecule has 0 fully saturated rings. The number of aromatic nitrogens is 2. The number of carbonyl (C=O) groups excluding carboxylic acids is 1. The Kier molecular flexibility index (Phi) is 9.06. The number of carboxylic acids is 1. The first-order valence-electron chi connectivity index (χ1n) is 10.2. The standard InChI is InChI=1S/C19H26N4O2.C2HF3O2/c1-2-3-7-22-8-9-23-17(14-22)12-16(21-23)13-20-19(25)11-15-5-4-6-18(24)10-15;3-2(4,5)1(6)7/h4-6,10,12,24H,2-3,7-9,11,13-14H2,1H3,(H,20,25);(H,6,7). The summed E-state index contributed by atoms with van der Waals surface area (Å²) in [6.07, 6.45) is -2.38. The van der Waals surface area contributed by atoms with E-state index in [9.17, 15) is 23.1 Å². The maximum atomic E-state index is 12.1. The van der Waals surface area contributed by atoms with Crippen LogP contribution in [0.1, 0.15) is 36.7 Å². The predicted molar refractivity (Wildman–Crippen MR) is 110 cm³/mol. The Morgan fingerprint density at radius 1 is 1.22 bits per heavy atom. The lowest BCUT2D eigenvalue weighted by Gasteiger charge is -2.27. The van der Waals surface area contributed by atoms with Crippen LogP contribution in [0.2, 0.25) is 0 Å². The van der Waals surface area contributed by atoms with Crippen LogP contribution in [0.25, 0.3) is 0 Å². The SMILES string of the molecule is CCCCN1CCn2nc(CNC(=O)Cc3cccc(O)c3)cc2C1.O=C(O)C(F)(F)F. The summed E-state index contributed by atoms with van der Waals surface area (Å²) in [7, 11) is 0. The van der Waals surface area contributed by atoms with E-state index in [-0.39, 0.29) is 18.1 Å². The van der Waals surface area contributed by atoms with Crippen LogP contribution in [-0.2, 0) is 35.6 Å². The third kappa shape index (κ3) is 8.22. The molecule has 0 bridgehead atoms. The van der Waals surface area contributed by atoms with E-state index in [0.717, 1.165) is 37.4 Å². The highest BCUT2D eigenvalue weighted by Crippen LogP contribution is 2.15. The summed E-state index contributed by atoms with van der Waals surface area (Å²) in [5.74, 6) is -2.65. The predicted octanol–water partition coefficient (Wildman–Crippen LogP) is 2.70. The molecule has 8 nitrogen and oxygen atoms in total. The van der Waals surface area contributed by atoms with E-state index in [0.29, 0.717) is 6.54 Å². The molecule has 1 aromatic carbocycles. The summed E-state index contributed by atoms with van der Waals surface area (Å²) in [5, 5.41) is 24.1. The molecule has 2 heterocycles. The van der Waals surface area contributed by atoms with Gasteiger partial charge in [0, 0.05) is 13.1 Å². The van der Waals surface area contributed by atoms with Crippen LogP contribution in [0.4, 0.5) is 13.2 Å². The Labute approximate surface area is 183 Å². The van der Waals surface area contributed by atoms with Gasteiger partial charge in [-0.1, -0.05) is 25.5 Å². The van der Waals surface area contributed by atoms with E-state index >= 15 is 0 Å². The molecule has 2 aromatic rings. The molecule has 32 heavy (non-hydrogen) atoms. The van der Waals surface area contributed by atoms with Crippen LogP contribution in [0, 0.1) is 0 Å². The van der Waals surface area contributed by atoms with E-state index in [2.05, 4.69) is 33.0 Å². The number of alkyl halides is 3. The molecule has 0 saturated heterocycles. The molecule has 0 saturated carbocycles. The average Bonchev–Trinajstić information content (AvgIpc) is 3.13. The van der Waals surface area contributed by atoms with Crippen molar-refractivity contribution in [3.8, 4) is 5.75 Å². The fourth-order valence-corrected chi connectivity index (χ4v) is 3.14. The van der Waals surface area contributed by atoms with Crippen molar-refractivity contribution in [2.24, 2.45) is 0 Å². The number of hydrogen-bond acceptors (Lipinski definition) is 5. The number of phenols is 1. The Morgan fingerprint density at radius 3 is 2.56 bits per heavy atom. The normalized spacial score (nSPS) is 13.6. The molecule has 0 spiro atoms. The lowest BCUT2D eigenvalue weighted by molar-refractivity contribution is -0.192. The number of carboxylic acid groups (broad SMARTS) is 1. The molecule has 176 valence electrons. The summed E-state index contributed by atoms with van der Waals surface area (Å²) < 4.78 is 33.8. The van der Waals surface area contributed by atoms with Gasteiger partial charge in [-0.05, 0) is 36.7 Å². The van der Waals surface area contributed by atoms with Gasteiger partial charge in [-0.2, -0.15) is 18.3 Å². The molecule has 0 atom stereocenters. The minimum absolute atomic E-state index is 0.0684. The number of rotatable bonds is 7. The second-order valence-corrected chi connectivity index (χ2v) is 7.41. The van der Waals surface area contributed by atoms with Crippen LogP contribution in [0.5, 0.6) is 5.75 Å². The van der Waals surface area contributed by atoms with Crippen molar-refractivity contribution in [2.45, 2.75) is 52.0 Å². The summed E-state index contributed by atoms with van der Waals surface area (Å²) >= 11 is 0. The lowest BCUT2D eigenvalue weighted by Crippen LogP contribution is -2.34. The van der Waals surface area contributed by atoms with Crippen molar-refractivity contribution in [1.82, 2.24) is 20.0 Å². The molecule has 1 aliphatic heterocycles. The smallest absolute Gasteiger partial charge is 0.490 e. The van der Waals surface area contributed by atoms with Crippen LogP contribution in [0.3, 0.4) is 0 Å². The number of halogens is 3. The molecule has 0 unspecified atom stereocenters. The zero-order valence-corrected chi connectivity index (χ0v) is 17.7. The van der Waals surface area contributed by atoms with Gasteiger partial charge in [-0.25, -0.2) is 4.79 Å². The van der Waals surface area contributed by atoms with Gasteiger partial charge in [0.25, 0.3) is 0 Å². The second kappa shape index (κ2) is 11.5. The van der Waals surface area contributed by atoms with E-state index in [1.165, 1.54) is 18.5 Å². The lowest BCUT2D eigenvalue weighted by atomic mass is 10.1. The molecular formula is C21H27F3N4O4. The molecule has 1 aromatic heterocycles. The molecule has 3 rings (SSSR count). The number of nitrogens with zero attached hydrogens (tertiary/aromatic N) is 3. The summed E-state index contributed by atoms with van der Waals surface area (Å²) in [6.45, 7) is 6.68. The summed E-state index contributed by atoms with van der Waals surface area (Å²) in [5.41, 5.74) is 2.92. The number of aromatic hydroxyl groups is 1. The van der Waals surface area contributed by atoms with Gasteiger partial charge in [0.05, 0.1) is 30.9 Å². The second-order valence-electron chi connectivity index (χ2n) is 7.41. The minimum atomic E-state index is -5.08. The Bertz CT molecular complexity index is 915. The fraction of sp³-hybridized carbons (Fsp3) is 0.476. The van der Waals surface area contributed by atoms with Gasteiger partial charge in [-0.3, -0.25) is 14.4 Å². The highest BCUT2D eigenvalue weighted by Gasteiger charge is 2.38. The molecule has 1 amide bonds. The first-order chi connectivity index (χ1) is 15.1. The highest BCUT2D eigenvalue weighted by molar-refractivity contribution is 5.78. The fourth-order valence-electron chi connectivity index (χ4n) is 3.14. The van der Waals surface area contributed by atoms with Crippen molar-refractivity contribution in [1.29, 1.82) is 0 Å². The van der Waals surface area contributed by atoms with Gasteiger partial charge in [0.2, 0.25) is 5.91 Å². The van der Waals surface area contributed by atoms with Gasteiger partial charge in [0.1, 0.15) is 5.75 Å². The van der Waals surface area contributed by atoms with E-state index in [1.807, 2.05) is 6.07 Å². The monoisotopic (exact) mass is 456 g/mol. The van der Waals surface area contributed by atoms with Gasteiger partial charge in [-0.15, -0.1) is 0 Å². The van der Waals surface area contributed by atoms with Crippen LogP contribution < -0.4 is 5.32 Å². The third-order valence-corrected chi connectivity index (χ3v) is 4.74. The maximum Gasteiger partial charge on any atom is 0.490 e. The van der Waals surface area contributed by atoms with Crippen LogP contribution >= 0.6 is 0 Å².